The van der Waals surface area contributed by atoms with Gasteiger partial charge in [-0.3, -0.25) is 4.79 Å². The summed E-state index contributed by atoms with van der Waals surface area (Å²) >= 11 is 0. The lowest BCUT2D eigenvalue weighted by Gasteiger charge is -2.09. The van der Waals surface area contributed by atoms with Crippen molar-refractivity contribution in [1.82, 2.24) is 0 Å². The van der Waals surface area contributed by atoms with E-state index in [1.807, 2.05) is 0 Å². The number of carbonyl (C=O) groups excluding carboxylic acids is 1. The van der Waals surface area contributed by atoms with Crippen molar-refractivity contribution in [1.29, 1.82) is 0 Å². The predicted molar refractivity (Wildman–Crippen MR) is 111 cm³/mol. The molecule has 0 aliphatic rings. The lowest BCUT2D eigenvalue weighted by molar-refractivity contribution is -0.0128. The number of carbonyl (C=O) groups is 1. The summed E-state index contributed by atoms with van der Waals surface area (Å²) in [6, 6.07) is 6.96. The van der Waals surface area contributed by atoms with Crippen LogP contribution in [0.15, 0.2) is 24.3 Å². The quantitative estimate of drug-likeness (QED) is 0.227. The van der Waals surface area contributed by atoms with Crippen molar-refractivity contribution in [3.8, 4) is 5.75 Å². The minimum atomic E-state index is 0.452. The molecule has 0 saturated carbocycles. The molecule has 7 nitrogen and oxygen atoms in total. The molecule has 0 atom stereocenters. The predicted octanol–water partition coefficient (Wildman–Crippen LogP) is 3.15. The van der Waals surface area contributed by atoms with E-state index in [9.17, 15) is 4.79 Å². The van der Waals surface area contributed by atoms with Gasteiger partial charge in [0.1, 0.15) is 18.6 Å². The minimum Gasteiger partial charge on any atom is -0.491 e. The Morgan fingerprint density at radius 2 is 1.07 bits per heavy atom. The third kappa shape index (κ3) is 16.0. The van der Waals surface area contributed by atoms with E-state index in [0.717, 1.165) is 25.1 Å². The van der Waals surface area contributed by atoms with Gasteiger partial charge in [0.2, 0.25) is 0 Å². The van der Waals surface area contributed by atoms with Crippen LogP contribution in [0, 0.1) is 0 Å². The summed E-state index contributed by atoms with van der Waals surface area (Å²) in [7, 11) is 0. The second-order valence-corrected chi connectivity index (χ2v) is 6.30. The van der Waals surface area contributed by atoms with Gasteiger partial charge in [-0.1, -0.05) is 19.8 Å². The van der Waals surface area contributed by atoms with Crippen molar-refractivity contribution >= 4 is 6.29 Å². The number of benzene rings is 1. The van der Waals surface area contributed by atoms with Crippen molar-refractivity contribution in [3.63, 3.8) is 0 Å². The maximum atomic E-state index is 10.6. The molecule has 0 fully saturated rings. The summed E-state index contributed by atoms with van der Waals surface area (Å²) in [6.07, 6.45) is 4.36. The highest BCUT2D eigenvalue weighted by atomic mass is 16.6. The maximum absolute atomic E-state index is 10.6. The molecular weight excluding hydrogens is 376 g/mol. The summed E-state index contributed by atoms with van der Waals surface area (Å²) in [5, 5.41) is 0. The van der Waals surface area contributed by atoms with Crippen LogP contribution >= 0.6 is 0 Å². The van der Waals surface area contributed by atoms with Gasteiger partial charge in [-0.15, -0.1) is 0 Å². The molecule has 0 aliphatic heterocycles. The third-order valence-electron chi connectivity index (χ3n) is 3.89. The van der Waals surface area contributed by atoms with Crippen LogP contribution < -0.4 is 4.74 Å². The smallest absolute Gasteiger partial charge is 0.150 e. The van der Waals surface area contributed by atoms with Crippen LogP contribution in [0.3, 0.4) is 0 Å². The molecule has 0 N–H and O–H groups in total. The van der Waals surface area contributed by atoms with Crippen molar-refractivity contribution in [2.24, 2.45) is 0 Å². The maximum Gasteiger partial charge on any atom is 0.150 e. The Balaban J connectivity index is 1.73. The zero-order valence-corrected chi connectivity index (χ0v) is 17.6. The highest BCUT2D eigenvalue weighted by Crippen LogP contribution is 2.10. The van der Waals surface area contributed by atoms with E-state index in [1.54, 1.807) is 24.3 Å². The molecular formula is C22H36O7. The molecule has 0 unspecified atom stereocenters. The van der Waals surface area contributed by atoms with Gasteiger partial charge in [0.15, 0.2) is 0 Å². The number of hydrogen-bond acceptors (Lipinski definition) is 7. The van der Waals surface area contributed by atoms with E-state index in [1.165, 1.54) is 12.8 Å². The molecule has 29 heavy (non-hydrogen) atoms. The first-order valence-corrected chi connectivity index (χ1v) is 10.4. The molecule has 0 bridgehead atoms. The van der Waals surface area contributed by atoms with Gasteiger partial charge in [0.05, 0.1) is 59.5 Å². The van der Waals surface area contributed by atoms with E-state index >= 15 is 0 Å². The second kappa shape index (κ2) is 19.8. The first kappa shape index (κ1) is 25.5. The molecule has 1 aromatic carbocycles. The van der Waals surface area contributed by atoms with E-state index in [2.05, 4.69) is 6.92 Å². The van der Waals surface area contributed by atoms with Crippen molar-refractivity contribution in [3.05, 3.63) is 29.8 Å². The van der Waals surface area contributed by atoms with E-state index in [-0.39, 0.29) is 0 Å². The van der Waals surface area contributed by atoms with Gasteiger partial charge in [-0.05, 0) is 30.7 Å². The van der Waals surface area contributed by atoms with Crippen LogP contribution in [-0.4, -0.2) is 79.0 Å². The van der Waals surface area contributed by atoms with Crippen LogP contribution in [0.4, 0.5) is 0 Å². The average molecular weight is 413 g/mol. The Hall–Kier alpha value is -1.51. The molecule has 0 radical (unpaired) electrons. The average Bonchev–Trinajstić information content (AvgIpc) is 2.75. The zero-order valence-electron chi connectivity index (χ0n) is 17.6. The summed E-state index contributed by atoms with van der Waals surface area (Å²) < 4.78 is 32.7. The van der Waals surface area contributed by atoms with Gasteiger partial charge in [0.25, 0.3) is 0 Å². The van der Waals surface area contributed by atoms with Gasteiger partial charge in [-0.2, -0.15) is 0 Å². The second-order valence-electron chi connectivity index (χ2n) is 6.30. The minimum absolute atomic E-state index is 0.452. The number of rotatable bonds is 21. The van der Waals surface area contributed by atoms with Crippen molar-refractivity contribution < 1.29 is 33.2 Å². The Morgan fingerprint density at radius 1 is 0.621 bits per heavy atom. The van der Waals surface area contributed by atoms with Gasteiger partial charge >= 0.3 is 0 Å². The molecule has 0 amide bonds. The lowest BCUT2D eigenvalue weighted by Crippen LogP contribution is -2.14. The van der Waals surface area contributed by atoms with E-state index in [0.29, 0.717) is 71.6 Å². The zero-order chi connectivity index (χ0) is 20.8. The van der Waals surface area contributed by atoms with E-state index < -0.39 is 0 Å². The monoisotopic (exact) mass is 412 g/mol. The van der Waals surface area contributed by atoms with E-state index in [4.69, 9.17) is 28.4 Å². The highest BCUT2D eigenvalue weighted by molar-refractivity contribution is 5.74. The van der Waals surface area contributed by atoms with Crippen molar-refractivity contribution in [2.75, 3.05) is 72.7 Å². The van der Waals surface area contributed by atoms with Crippen LogP contribution in [0.2, 0.25) is 0 Å². The first-order chi connectivity index (χ1) is 14.4. The number of ether oxygens (including phenoxy) is 6. The summed E-state index contributed by atoms with van der Waals surface area (Å²) in [5.74, 6) is 0.719. The Kier molecular flexibility index (Phi) is 17.4. The highest BCUT2D eigenvalue weighted by Gasteiger charge is 1.96. The fourth-order valence-corrected chi connectivity index (χ4v) is 2.30. The fraction of sp³-hybridized carbons (Fsp3) is 0.682. The molecule has 0 aliphatic carbocycles. The molecule has 0 heterocycles. The van der Waals surface area contributed by atoms with Gasteiger partial charge in [-0.25, -0.2) is 0 Å². The molecule has 1 aromatic rings. The largest absolute Gasteiger partial charge is 0.491 e. The standard InChI is InChI=1S/C22H36O7/c1-2-3-4-9-24-10-11-25-12-13-26-14-15-27-16-17-28-18-19-29-22-7-5-21(20-23)6-8-22/h5-8,20H,2-4,9-19H2,1H3. The topological polar surface area (TPSA) is 72.5 Å². The summed E-state index contributed by atoms with van der Waals surface area (Å²) in [5.41, 5.74) is 0.630. The molecule has 0 aromatic heterocycles. The van der Waals surface area contributed by atoms with Gasteiger partial charge < -0.3 is 28.4 Å². The number of hydrogen-bond donors (Lipinski definition) is 0. The summed E-state index contributed by atoms with van der Waals surface area (Å²) in [4.78, 5) is 10.6. The number of unbranched alkanes of at least 4 members (excludes halogenated alkanes) is 2. The molecule has 1 rings (SSSR count). The fourth-order valence-electron chi connectivity index (χ4n) is 2.30. The van der Waals surface area contributed by atoms with Crippen LogP contribution in [-0.2, 0) is 23.7 Å². The number of aldehydes is 1. The first-order valence-electron chi connectivity index (χ1n) is 10.4. The van der Waals surface area contributed by atoms with Gasteiger partial charge in [0, 0.05) is 12.2 Å². The Morgan fingerprint density at radius 3 is 1.52 bits per heavy atom. The Bertz CT molecular complexity index is 479. The normalized spacial score (nSPS) is 10.9. The Labute approximate surface area is 174 Å². The summed E-state index contributed by atoms with van der Waals surface area (Å²) in [6.45, 7) is 8.40. The lowest BCUT2D eigenvalue weighted by atomic mass is 10.2. The van der Waals surface area contributed by atoms with Crippen LogP contribution in [0.5, 0.6) is 5.75 Å². The van der Waals surface area contributed by atoms with Crippen LogP contribution in [0.25, 0.3) is 0 Å². The molecule has 0 spiro atoms. The third-order valence-corrected chi connectivity index (χ3v) is 3.89. The van der Waals surface area contributed by atoms with Crippen LogP contribution in [0.1, 0.15) is 36.5 Å². The SMILES string of the molecule is CCCCCOCCOCCOCCOCCOCCOc1ccc(C=O)cc1. The molecule has 166 valence electrons. The molecule has 0 saturated heterocycles. The molecule has 7 heteroatoms. The van der Waals surface area contributed by atoms with Crippen molar-refractivity contribution in [2.45, 2.75) is 26.2 Å².